The van der Waals surface area contributed by atoms with Crippen LogP contribution in [0, 0.1) is 0 Å². The number of ether oxygens (including phenoxy) is 2. The molecule has 4 heteroatoms. The Balaban J connectivity index is 2.67. The van der Waals surface area contributed by atoms with E-state index >= 15 is 0 Å². The van der Waals surface area contributed by atoms with Gasteiger partial charge in [0.05, 0.1) is 13.7 Å². The molecule has 0 saturated heterocycles. The van der Waals surface area contributed by atoms with Crippen molar-refractivity contribution in [2.75, 3.05) is 41.0 Å². The van der Waals surface area contributed by atoms with Crippen molar-refractivity contribution in [3.63, 3.8) is 0 Å². The molecule has 114 valence electrons. The Labute approximate surface area is 123 Å². The third-order valence-corrected chi connectivity index (χ3v) is 3.22. The van der Waals surface area contributed by atoms with E-state index in [0.717, 1.165) is 45.0 Å². The fraction of sp³-hybridized carbons (Fsp3) is 0.625. The van der Waals surface area contributed by atoms with Gasteiger partial charge in [0.15, 0.2) is 0 Å². The molecular formula is C16H28N2O2. The van der Waals surface area contributed by atoms with Crippen molar-refractivity contribution in [3.8, 4) is 5.75 Å². The molecule has 0 spiro atoms. The first kappa shape index (κ1) is 17.0. The Kier molecular flexibility index (Phi) is 8.26. The van der Waals surface area contributed by atoms with Gasteiger partial charge in [-0.05, 0) is 37.7 Å². The van der Waals surface area contributed by atoms with Crippen LogP contribution in [0.15, 0.2) is 18.2 Å². The van der Waals surface area contributed by atoms with Gasteiger partial charge < -0.3 is 14.8 Å². The molecule has 1 aromatic rings. The van der Waals surface area contributed by atoms with E-state index in [1.807, 2.05) is 0 Å². The van der Waals surface area contributed by atoms with Gasteiger partial charge in [0.25, 0.3) is 0 Å². The summed E-state index contributed by atoms with van der Waals surface area (Å²) in [6.45, 7) is 6.67. The SMILES string of the molecule is CCCNCc1ccc(OC)c(CN(C)CCOC)c1. The molecule has 0 amide bonds. The first-order valence-corrected chi connectivity index (χ1v) is 7.25. The van der Waals surface area contributed by atoms with Gasteiger partial charge in [0.1, 0.15) is 5.75 Å². The van der Waals surface area contributed by atoms with Crippen LogP contribution in [0.3, 0.4) is 0 Å². The van der Waals surface area contributed by atoms with E-state index in [0.29, 0.717) is 0 Å². The summed E-state index contributed by atoms with van der Waals surface area (Å²) in [5, 5.41) is 3.43. The molecular weight excluding hydrogens is 252 g/mol. The highest BCUT2D eigenvalue weighted by atomic mass is 16.5. The van der Waals surface area contributed by atoms with Crippen LogP contribution in [-0.4, -0.2) is 45.9 Å². The summed E-state index contributed by atoms with van der Waals surface area (Å²) in [6, 6.07) is 6.41. The van der Waals surface area contributed by atoms with E-state index in [9.17, 15) is 0 Å². The molecule has 0 aliphatic heterocycles. The molecule has 0 heterocycles. The average molecular weight is 280 g/mol. The summed E-state index contributed by atoms with van der Waals surface area (Å²) < 4.78 is 10.6. The van der Waals surface area contributed by atoms with E-state index in [4.69, 9.17) is 9.47 Å². The van der Waals surface area contributed by atoms with Gasteiger partial charge in [-0.15, -0.1) is 0 Å². The zero-order valence-corrected chi connectivity index (χ0v) is 13.2. The number of nitrogens with zero attached hydrogens (tertiary/aromatic N) is 1. The normalized spacial score (nSPS) is 11.1. The fourth-order valence-corrected chi connectivity index (χ4v) is 2.09. The molecule has 0 fully saturated rings. The standard InChI is InChI=1S/C16H28N2O2/c1-5-8-17-12-14-6-7-16(20-4)15(11-14)13-18(2)9-10-19-3/h6-7,11,17H,5,8-10,12-13H2,1-4H3. The van der Waals surface area contributed by atoms with Gasteiger partial charge in [-0.25, -0.2) is 0 Å². The zero-order chi connectivity index (χ0) is 14.8. The molecule has 0 aliphatic rings. The Morgan fingerprint density at radius 2 is 2.05 bits per heavy atom. The first-order chi connectivity index (χ1) is 9.71. The Hall–Kier alpha value is -1.10. The molecule has 0 bridgehead atoms. The summed E-state index contributed by atoms with van der Waals surface area (Å²) in [5.41, 5.74) is 2.52. The summed E-state index contributed by atoms with van der Waals surface area (Å²) in [6.07, 6.45) is 1.16. The van der Waals surface area contributed by atoms with E-state index in [1.54, 1.807) is 14.2 Å². The fourth-order valence-electron chi connectivity index (χ4n) is 2.09. The van der Waals surface area contributed by atoms with Crippen LogP contribution in [0.1, 0.15) is 24.5 Å². The predicted octanol–water partition coefficient (Wildman–Crippen LogP) is 2.27. The maximum atomic E-state index is 5.45. The lowest BCUT2D eigenvalue weighted by molar-refractivity contribution is 0.158. The second kappa shape index (κ2) is 9.75. The first-order valence-electron chi connectivity index (χ1n) is 7.25. The quantitative estimate of drug-likeness (QED) is 0.667. The Bertz CT molecular complexity index is 383. The molecule has 1 rings (SSSR count). The monoisotopic (exact) mass is 280 g/mol. The average Bonchev–Trinajstić information content (AvgIpc) is 2.46. The van der Waals surface area contributed by atoms with Crippen molar-refractivity contribution in [1.82, 2.24) is 10.2 Å². The van der Waals surface area contributed by atoms with Gasteiger partial charge in [-0.1, -0.05) is 13.0 Å². The number of nitrogens with one attached hydrogen (secondary N) is 1. The number of benzene rings is 1. The minimum absolute atomic E-state index is 0.747. The van der Waals surface area contributed by atoms with Gasteiger partial charge in [-0.2, -0.15) is 0 Å². The lowest BCUT2D eigenvalue weighted by atomic mass is 10.1. The summed E-state index contributed by atoms with van der Waals surface area (Å²) >= 11 is 0. The number of hydrogen-bond donors (Lipinski definition) is 1. The summed E-state index contributed by atoms with van der Waals surface area (Å²) in [4.78, 5) is 2.24. The van der Waals surface area contributed by atoms with Gasteiger partial charge in [0.2, 0.25) is 0 Å². The van der Waals surface area contributed by atoms with Crippen molar-refractivity contribution in [3.05, 3.63) is 29.3 Å². The third-order valence-electron chi connectivity index (χ3n) is 3.22. The Morgan fingerprint density at radius 3 is 2.70 bits per heavy atom. The second-order valence-corrected chi connectivity index (χ2v) is 5.05. The van der Waals surface area contributed by atoms with Crippen LogP contribution in [0.5, 0.6) is 5.75 Å². The van der Waals surface area contributed by atoms with E-state index < -0.39 is 0 Å². The lowest BCUT2D eigenvalue weighted by Crippen LogP contribution is -2.23. The van der Waals surface area contributed by atoms with Gasteiger partial charge >= 0.3 is 0 Å². The minimum Gasteiger partial charge on any atom is -0.496 e. The highest BCUT2D eigenvalue weighted by Crippen LogP contribution is 2.21. The zero-order valence-electron chi connectivity index (χ0n) is 13.2. The van der Waals surface area contributed by atoms with Gasteiger partial charge in [-0.3, -0.25) is 4.90 Å². The predicted molar refractivity (Wildman–Crippen MR) is 83.2 cm³/mol. The molecule has 1 aromatic carbocycles. The van der Waals surface area contributed by atoms with Crippen LogP contribution in [0.2, 0.25) is 0 Å². The van der Waals surface area contributed by atoms with Crippen molar-refractivity contribution in [1.29, 1.82) is 0 Å². The van der Waals surface area contributed by atoms with Crippen LogP contribution in [0.4, 0.5) is 0 Å². The summed E-state index contributed by atoms with van der Waals surface area (Å²) in [5.74, 6) is 0.952. The van der Waals surface area contributed by atoms with Gasteiger partial charge in [0, 0.05) is 32.3 Å². The third kappa shape index (κ3) is 5.90. The number of methoxy groups -OCH3 is 2. The van der Waals surface area contributed by atoms with Crippen LogP contribution in [0.25, 0.3) is 0 Å². The molecule has 0 aliphatic carbocycles. The maximum Gasteiger partial charge on any atom is 0.123 e. The number of likely N-dealkylation sites (N-methyl/N-ethyl adjacent to an activating group) is 1. The molecule has 20 heavy (non-hydrogen) atoms. The van der Waals surface area contributed by atoms with Crippen LogP contribution >= 0.6 is 0 Å². The van der Waals surface area contributed by atoms with E-state index in [-0.39, 0.29) is 0 Å². The Morgan fingerprint density at radius 1 is 1.25 bits per heavy atom. The molecule has 1 N–H and O–H groups in total. The smallest absolute Gasteiger partial charge is 0.123 e. The lowest BCUT2D eigenvalue weighted by Gasteiger charge is -2.18. The van der Waals surface area contributed by atoms with Crippen molar-refractivity contribution in [2.45, 2.75) is 26.4 Å². The van der Waals surface area contributed by atoms with E-state index in [2.05, 4.69) is 42.4 Å². The maximum absolute atomic E-state index is 5.45. The second-order valence-electron chi connectivity index (χ2n) is 5.05. The molecule has 0 atom stereocenters. The van der Waals surface area contributed by atoms with Crippen molar-refractivity contribution in [2.24, 2.45) is 0 Å². The molecule has 0 unspecified atom stereocenters. The molecule has 0 aromatic heterocycles. The minimum atomic E-state index is 0.747. The topological polar surface area (TPSA) is 33.7 Å². The largest absolute Gasteiger partial charge is 0.496 e. The highest BCUT2D eigenvalue weighted by molar-refractivity contribution is 5.37. The van der Waals surface area contributed by atoms with Crippen LogP contribution < -0.4 is 10.1 Å². The van der Waals surface area contributed by atoms with Crippen molar-refractivity contribution < 1.29 is 9.47 Å². The number of rotatable bonds is 10. The molecule has 0 radical (unpaired) electrons. The summed E-state index contributed by atoms with van der Waals surface area (Å²) in [7, 11) is 5.55. The van der Waals surface area contributed by atoms with E-state index in [1.165, 1.54) is 11.1 Å². The highest BCUT2D eigenvalue weighted by Gasteiger charge is 2.07. The molecule has 0 saturated carbocycles. The van der Waals surface area contributed by atoms with Crippen LogP contribution in [-0.2, 0) is 17.8 Å². The van der Waals surface area contributed by atoms with Crippen molar-refractivity contribution >= 4 is 0 Å². The number of hydrogen-bond acceptors (Lipinski definition) is 4. The molecule has 4 nitrogen and oxygen atoms in total.